The average molecular weight is 210 g/mol. The van der Waals surface area contributed by atoms with Gasteiger partial charge >= 0.3 is 0 Å². The second-order valence-electron chi connectivity index (χ2n) is 3.57. The number of benzene rings is 1. The molecule has 0 radical (unpaired) electrons. The highest BCUT2D eigenvalue weighted by molar-refractivity contribution is 8.00. The van der Waals surface area contributed by atoms with Gasteiger partial charge in [-0.3, -0.25) is 4.79 Å². The molecule has 1 aromatic rings. The van der Waals surface area contributed by atoms with Crippen molar-refractivity contribution >= 4 is 17.5 Å². The third-order valence-electron chi connectivity index (χ3n) is 2.55. The number of ketones is 1. The maximum Gasteiger partial charge on any atom is 0.175 e. The van der Waals surface area contributed by atoms with E-state index >= 15 is 0 Å². The van der Waals surface area contributed by atoms with Crippen LogP contribution in [-0.2, 0) is 5.75 Å². The first-order valence-corrected chi connectivity index (χ1v) is 5.59. The largest absolute Gasteiger partial charge is 0.293 e. The number of aryl methyl sites for hydroxylation is 1. The summed E-state index contributed by atoms with van der Waals surface area (Å²) in [5.41, 5.74) is 2.46. The molecular formula is C11H11FOS. The second-order valence-corrected chi connectivity index (χ2v) is 4.90. The Morgan fingerprint density at radius 3 is 2.93 bits per heavy atom. The van der Waals surface area contributed by atoms with Crippen molar-refractivity contribution in [1.29, 1.82) is 0 Å². The molecule has 1 unspecified atom stereocenters. The molecule has 2 rings (SSSR count). The van der Waals surface area contributed by atoms with Crippen LogP contribution in [0.15, 0.2) is 12.1 Å². The van der Waals surface area contributed by atoms with Crippen LogP contribution in [0.25, 0.3) is 0 Å². The number of rotatable bonds is 0. The molecule has 1 aliphatic heterocycles. The fourth-order valence-corrected chi connectivity index (χ4v) is 2.77. The van der Waals surface area contributed by atoms with Crippen LogP contribution in [0.1, 0.15) is 28.4 Å². The van der Waals surface area contributed by atoms with Crippen LogP contribution in [0, 0.1) is 12.7 Å². The number of Topliss-reactive ketones (excluding diaryl/α,β-unsaturated/α-hetero) is 1. The number of hydrogen-bond donors (Lipinski definition) is 0. The highest BCUT2D eigenvalue weighted by Crippen LogP contribution is 2.32. The minimum absolute atomic E-state index is 0.0382. The Labute approximate surface area is 86.7 Å². The summed E-state index contributed by atoms with van der Waals surface area (Å²) in [7, 11) is 0. The zero-order valence-electron chi connectivity index (χ0n) is 8.13. The lowest BCUT2D eigenvalue weighted by Gasteiger charge is -2.21. The Morgan fingerprint density at radius 1 is 1.50 bits per heavy atom. The first kappa shape index (κ1) is 9.71. The maximum absolute atomic E-state index is 13.1. The number of hydrogen-bond acceptors (Lipinski definition) is 2. The summed E-state index contributed by atoms with van der Waals surface area (Å²) >= 11 is 1.62. The molecule has 1 aliphatic rings. The van der Waals surface area contributed by atoms with Gasteiger partial charge in [-0.25, -0.2) is 4.39 Å². The van der Waals surface area contributed by atoms with Crippen molar-refractivity contribution in [1.82, 2.24) is 0 Å². The molecule has 3 heteroatoms. The molecule has 1 heterocycles. The molecule has 1 atom stereocenters. The van der Waals surface area contributed by atoms with Gasteiger partial charge in [0.15, 0.2) is 5.78 Å². The lowest BCUT2D eigenvalue weighted by atomic mass is 9.98. The number of fused-ring (bicyclic) bond motifs is 1. The van der Waals surface area contributed by atoms with Crippen molar-refractivity contribution in [2.45, 2.75) is 24.9 Å². The molecule has 0 aromatic heterocycles. The van der Waals surface area contributed by atoms with Gasteiger partial charge in [-0.1, -0.05) is 0 Å². The summed E-state index contributed by atoms with van der Waals surface area (Å²) in [6, 6.07) is 2.85. The van der Waals surface area contributed by atoms with E-state index in [1.54, 1.807) is 11.8 Å². The summed E-state index contributed by atoms with van der Waals surface area (Å²) in [4.78, 5) is 11.7. The highest BCUT2D eigenvalue weighted by Gasteiger charge is 2.25. The Kier molecular flexibility index (Phi) is 2.35. The molecule has 0 fully saturated rings. The van der Waals surface area contributed by atoms with E-state index in [1.807, 2.05) is 13.8 Å². The summed E-state index contributed by atoms with van der Waals surface area (Å²) in [5.74, 6) is 0.557. The Morgan fingerprint density at radius 2 is 2.21 bits per heavy atom. The van der Waals surface area contributed by atoms with Crippen LogP contribution in [0.2, 0.25) is 0 Å². The summed E-state index contributed by atoms with van der Waals surface area (Å²) in [6.07, 6.45) is 0. The quantitative estimate of drug-likeness (QED) is 0.655. The van der Waals surface area contributed by atoms with Crippen molar-refractivity contribution in [3.05, 3.63) is 34.6 Å². The average Bonchev–Trinajstić information content (AvgIpc) is 2.12. The zero-order chi connectivity index (χ0) is 10.3. The van der Waals surface area contributed by atoms with Gasteiger partial charge in [-0.05, 0) is 37.1 Å². The van der Waals surface area contributed by atoms with E-state index in [0.29, 0.717) is 5.56 Å². The van der Waals surface area contributed by atoms with Crippen molar-refractivity contribution in [2.75, 3.05) is 0 Å². The van der Waals surface area contributed by atoms with Gasteiger partial charge in [0.1, 0.15) is 5.82 Å². The van der Waals surface area contributed by atoms with Crippen molar-refractivity contribution in [3.8, 4) is 0 Å². The summed E-state index contributed by atoms with van der Waals surface area (Å²) < 4.78 is 13.1. The molecule has 0 saturated carbocycles. The van der Waals surface area contributed by atoms with Crippen molar-refractivity contribution in [2.24, 2.45) is 0 Å². The summed E-state index contributed by atoms with van der Waals surface area (Å²) in [6.45, 7) is 3.72. The minimum atomic E-state index is -0.311. The molecule has 0 spiro atoms. The molecule has 0 amide bonds. The monoisotopic (exact) mass is 210 g/mol. The standard InChI is InChI=1S/C11H11FOS/c1-6-3-8(12)4-9-10(6)5-14-7(2)11(9)13/h3-4,7H,5H2,1-2H3. The SMILES string of the molecule is Cc1cc(F)cc2c1CSC(C)C2=O. The van der Waals surface area contributed by atoms with Crippen molar-refractivity contribution < 1.29 is 9.18 Å². The molecule has 1 nitrogen and oxygen atoms in total. The second kappa shape index (κ2) is 3.39. The van der Waals surface area contributed by atoms with Crippen LogP contribution in [-0.4, -0.2) is 11.0 Å². The van der Waals surface area contributed by atoms with E-state index < -0.39 is 0 Å². The molecule has 14 heavy (non-hydrogen) atoms. The molecular weight excluding hydrogens is 199 g/mol. The third kappa shape index (κ3) is 1.46. The number of halogens is 1. The highest BCUT2D eigenvalue weighted by atomic mass is 32.2. The lowest BCUT2D eigenvalue weighted by Crippen LogP contribution is -2.21. The van der Waals surface area contributed by atoms with Crippen LogP contribution < -0.4 is 0 Å². The van der Waals surface area contributed by atoms with E-state index in [2.05, 4.69) is 0 Å². The normalized spacial score (nSPS) is 20.8. The smallest absolute Gasteiger partial charge is 0.175 e. The molecule has 0 bridgehead atoms. The van der Waals surface area contributed by atoms with Crippen LogP contribution in [0.5, 0.6) is 0 Å². The van der Waals surface area contributed by atoms with E-state index in [-0.39, 0.29) is 16.9 Å². The van der Waals surface area contributed by atoms with Gasteiger partial charge in [-0.15, -0.1) is 11.8 Å². The van der Waals surface area contributed by atoms with Gasteiger partial charge in [0.25, 0.3) is 0 Å². The van der Waals surface area contributed by atoms with E-state index in [0.717, 1.165) is 16.9 Å². The first-order valence-electron chi connectivity index (χ1n) is 4.54. The predicted octanol–water partition coefficient (Wildman–Crippen LogP) is 2.95. The van der Waals surface area contributed by atoms with Gasteiger partial charge in [0.05, 0.1) is 5.25 Å². The number of carbonyl (C=O) groups excluding carboxylic acids is 1. The Bertz CT molecular complexity index is 401. The topological polar surface area (TPSA) is 17.1 Å². The fourth-order valence-electron chi connectivity index (χ4n) is 1.69. The Hall–Kier alpha value is -0.830. The van der Waals surface area contributed by atoms with Crippen LogP contribution in [0.4, 0.5) is 4.39 Å². The lowest BCUT2D eigenvalue weighted by molar-refractivity contribution is 0.0991. The van der Waals surface area contributed by atoms with Gasteiger partial charge in [-0.2, -0.15) is 0 Å². The van der Waals surface area contributed by atoms with Gasteiger partial charge in [0.2, 0.25) is 0 Å². The maximum atomic E-state index is 13.1. The molecule has 0 aliphatic carbocycles. The third-order valence-corrected chi connectivity index (χ3v) is 3.72. The predicted molar refractivity (Wildman–Crippen MR) is 56.2 cm³/mol. The summed E-state index contributed by atoms with van der Waals surface area (Å²) in [5, 5.41) is -0.0382. The molecule has 74 valence electrons. The first-order chi connectivity index (χ1) is 6.59. The molecule has 1 aromatic carbocycles. The molecule has 0 saturated heterocycles. The van der Waals surface area contributed by atoms with Gasteiger partial charge < -0.3 is 0 Å². The van der Waals surface area contributed by atoms with Gasteiger partial charge in [0, 0.05) is 11.3 Å². The molecule has 0 N–H and O–H groups in total. The van der Waals surface area contributed by atoms with Crippen LogP contribution >= 0.6 is 11.8 Å². The fraction of sp³-hybridized carbons (Fsp3) is 0.364. The number of carbonyl (C=O) groups is 1. The van der Waals surface area contributed by atoms with Crippen LogP contribution in [0.3, 0.4) is 0 Å². The van der Waals surface area contributed by atoms with E-state index in [4.69, 9.17) is 0 Å². The minimum Gasteiger partial charge on any atom is -0.293 e. The zero-order valence-corrected chi connectivity index (χ0v) is 8.95. The Balaban J connectivity index is 2.60. The van der Waals surface area contributed by atoms with E-state index in [1.165, 1.54) is 12.1 Å². The number of thioether (sulfide) groups is 1. The van der Waals surface area contributed by atoms with E-state index in [9.17, 15) is 9.18 Å². The van der Waals surface area contributed by atoms with Crippen molar-refractivity contribution in [3.63, 3.8) is 0 Å².